The monoisotopic (exact) mass is 347 g/mol. The number of nitrogens with zero attached hydrogens (tertiary/aromatic N) is 5. The lowest BCUT2D eigenvalue weighted by Crippen LogP contribution is -2.25. The zero-order valence-electron chi connectivity index (χ0n) is 14.0. The number of carbonyl (C=O) groups excluding carboxylic acids is 1. The van der Waals surface area contributed by atoms with E-state index in [9.17, 15) is 4.79 Å². The largest absolute Gasteiger partial charge is 0.351 e. The van der Waals surface area contributed by atoms with E-state index >= 15 is 0 Å². The number of hydrogen-bond acceptors (Lipinski definition) is 5. The normalized spacial score (nSPS) is 10.9. The second-order valence-electron chi connectivity index (χ2n) is 5.81. The number of nitrogens with one attached hydrogen (secondary N) is 2. The molecule has 4 aromatic rings. The van der Waals surface area contributed by atoms with Gasteiger partial charge in [-0.1, -0.05) is 6.07 Å². The number of H-pyrrole nitrogens is 1. The predicted molar refractivity (Wildman–Crippen MR) is 95.5 cm³/mol. The Morgan fingerprint density at radius 3 is 3.04 bits per heavy atom. The summed E-state index contributed by atoms with van der Waals surface area (Å²) in [6.45, 7) is 0.543. The van der Waals surface area contributed by atoms with Crippen LogP contribution in [0.3, 0.4) is 0 Å². The Bertz CT molecular complexity index is 1020. The van der Waals surface area contributed by atoms with E-state index in [0.29, 0.717) is 17.9 Å². The van der Waals surface area contributed by atoms with Crippen LogP contribution >= 0.6 is 0 Å². The Balaban J connectivity index is 1.31. The maximum atomic E-state index is 12.2. The Morgan fingerprint density at radius 1 is 1.19 bits per heavy atom. The van der Waals surface area contributed by atoms with Crippen molar-refractivity contribution < 1.29 is 4.79 Å². The molecule has 0 fully saturated rings. The van der Waals surface area contributed by atoms with Gasteiger partial charge in [0.2, 0.25) is 0 Å². The Labute approximate surface area is 149 Å². The van der Waals surface area contributed by atoms with E-state index in [1.807, 2.05) is 40.9 Å². The first-order valence-corrected chi connectivity index (χ1v) is 8.34. The van der Waals surface area contributed by atoms with Crippen LogP contribution in [0.25, 0.3) is 16.9 Å². The van der Waals surface area contributed by atoms with Crippen LogP contribution < -0.4 is 5.32 Å². The van der Waals surface area contributed by atoms with Crippen molar-refractivity contribution >= 4 is 11.6 Å². The zero-order chi connectivity index (χ0) is 17.8. The molecule has 0 saturated carbocycles. The van der Waals surface area contributed by atoms with Gasteiger partial charge in [0.05, 0.1) is 5.69 Å². The highest BCUT2D eigenvalue weighted by atomic mass is 16.1. The molecule has 0 spiro atoms. The molecule has 0 atom stereocenters. The van der Waals surface area contributed by atoms with Crippen molar-refractivity contribution in [3.8, 4) is 11.3 Å². The number of carbonyl (C=O) groups is 1. The summed E-state index contributed by atoms with van der Waals surface area (Å²) in [7, 11) is 0. The van der Waals surface area contributed by atoms with E-state index in [2.05, 4.69) is 30.7 Å². The van der Waals surface area contributed by atoms with E-state index in [-0.39, 0.29) is 5.91 Å². The van der Waals surface area contributed by atoms with Gasteiger partial charge in [0.15, 0.2) is 5.65 Å². The summed E-state index contributed by atoms with van der Waals surface area (Å²) in [5, 5.41) is 18.1. The summed E-state index contributed by atoms with van der Waals surface area (Å²) in [4.78, 5) is 16.3. The molecular formula is C18H17N7O. The van der Waals surface area contributed by atoms with Crippen molar-refractivity contribution in [2.75, 3.05) is 6.54 Å². The molecule has 8 heteroatoms. The fourth-order valence-corrected chi connectivity index (χ4v) is 2.71. The first-order chi connectivity index (χ1) is 12.8. The molecule has 0 unspecified atom stereocenters. The van der Waals surface area contributed by atoms with Crippen LogP contribution in [-0.4, -0.2) is 42.2 Å². The Morgan fingerprint density at radius 2 is 2.15 bits per heavy atom. The molecule has 130 valence electrons. The minimum atomic E-state index is -0.182. The first-order valence-electron chi connectivity index (χ1n) is 8.34. The lowest BCUT2D eigenvalue weighted by Gasteiger charge is -2.03. The van der Waals surface area contributed by atoms with Crippen LogP contribution in [0.4, 0.5) is 0 Å². The standard InChI is InChI=1S/C18H17N7O/c26-18(15-11-14(21-22-15)13-5-3-8-19-12-13)20-9-4-7-17-24-23-16-6-1-2-10-25(16)17/h1-3,5-6,8,10-12H,4,7,9H2,(H,20,26)(H,21,22). The van der Waals surface area contributed by atoms with Crippen molar-refractivity contribution in [1.82, 2.24) is 35.1 Å². The number of aromatic nitrogens is 6. The highest BCUT2D eigenvalue weighted by Gasteiger charge is 2.11. The van der Waals surface area contributed by atoms with Gasteiger partial charge in [-0.25, -0.2) is 0 Å². The van der Waals surface area contributed by atoms with Crippen molar-refractivity contribution in [1.29, 1.82) is 0 Å². The number of pyridine rings is 2. The fraction of sp³-hybridized carbons (Fsp3) is 0.167. The lowest BCUT2D eigenvalue weighted by molar-refractivity contribution is 0.0948. The molecule has 0 aliphatic rings. The van der Waals surface area contributed by atoms with Gasteiger partial charge in [0.25, 0.3) is 5.91 Å². The fourth-order valence-electron chi connectivity index (χ4n) is 2.71. The van der Waals surface area contributed by atoms with Crippen LogP contribution in [0.5, 0.6) is 0 Å². The van der Waals surface area contributed by atoms with Crippen molar-refractivity contribution in [2.45, 2.75) is 12.8 Å². The minimum absolute atomic E-state index is 0.182. The number of rotatable bonds is 6. The third-order valence-electron chi connectivity index (χ3n) is 4.03. The van der Waals surface area contributed by atoms with Crippen LogP contribution in [0.15, 0.2) is 55.0 Å². The Kier molecular flexibility index (Phi) is 4.38. The smallest absolute Gasteiger partial charge is 0.269 e. The summed E-state index contributed by atoms with van der Waals surface area (Å²) in [5.41, 5.74) is 2.81. The number of hydrogen-bond donors (Lipinski definition) is 2. The molecule has 0 radical (unpaired) electrons. The molecule has 4 aromatic heterocycles. The van der Waals surface area contributed by atoms with Gasteiger partial charge < -0.3 is 5.32 Å². The SMILES string of the molecule is O=C(NCCCc1nnc2ccccn12)c1cc(-c2cccnc2)n[nH]1. The molecular weight excluding hydrogens is 330 g/mol. The molecule has 1 amide bonds. The topological polar surface area (TPSA) is 101 Å². The van der Waals surface area contributed by atoms with Crippen LogP contribution in [0, 0.1) is 0 Å². The molecule has 2 N–H and O–H groups in total. The summed E-state index contributed by atoms with van der Waals surface area (Å²) >= 11 is 0. The number of aryl methyl sites for hydroxylation is 1. The third kappa shape index (κ3) is 3.30. The zero-order valence-corrected chi connectivity index (χ0v) is 14.0. The van der Waals surface area contributed by atoms with Gasteiger partial charge in [-0.15, -0.1) is 10.2 Å². The predicted octanol–water partition coefficient (Wildman–Crippen LogP) is 1.88. The van der Waals surface area contributed by atoms with E-state index in [1.54, 1.807) is 18.5 Å². The molecule has 0 bridgehead atoms. The van der Waals surface area contributed by atoms with Crippen molar-refractivity contribution in [3.05, 3.63) is 66.5 Å². The number of aromatic amines is 1. The van der Waals surface area contributed by atoms with Gasteiger partial charge in [0, 0.05) is 37.1 Å². The van der Waals surface area contributed by atoms with Crippen molar-refractivity contribution in [2.24, 2.45) is 0 Å². The lowest BCUT2D eigenvalue weighted by atomic mass is 10.2. The van der Waals surface area contributed by atoms with Crippen LogP contribution in [0.1, 0.15) is 22.7 Å². The van der Waals surface area contributed by atoms with Gasteiger partial charge in [-0.3, -0.25) is 19.3 Å². The molecule has 4 rings (SSSR count). The van der Waals surface area contributed by atoms with E-state index < -0.39 is 0 Å². The molecule has 4 heterocycles. The van der Waals surface area contributed by atoms with Gasteiger partial charge in [-0.2, -0.15) is 5.10 Å². The minimum Gasteiger partial charge on any atom is -0.351 e. The average Bonchev–Trinajstić information content (AvgIpc) is 3.33. The van der Waals surface area contributed by atoms with Crippen LogP contribution in [0.2, 0.25) is 0 Å². The van der Waals surface area contributed by atoms with Gasteiger partial charge >= 0.3 is 0 Å². The quantitative estimate of drug-likeness (QED) is 0.519. The molecule has 8 nitrogen and oxygen atoms in total. The van der Waals surface area contributed by atoms with E-state index in [0.717, 1.165) is 29.9 Å². The first kappa shape index (κ1) is 15.9. The molecule has 0 aliphatic heterocycles. The molecule has 0 saturated heterocycles. The van der Waals surface area contributed by atoms with E-state index in [1.165, 1.54) is 0 Å². The average molecular weight is 347 g/mol. The van der Waals surface area contributed by atoms with Crippen LogP contribution in [-0.2, 0) is 6.42 Å². The summed E-state index contributed by atoms with van der Waals surface area (Å²) in [6.07, 6.45) is 6.84. The van der Waals surface area contributed by atoms with Crippen molar-refractivity contribution in [3.63, 3.8) is 0 Å². The second kappa shape index (κ2) is 7.14. The Hall–Kier alpha value is -3.55. The summed E-state index contributed by atoms with van der Waals surface area (Å²) < 4.78 is 1.96. The maximum Gasteiger partial charge on any atom is 0.269 e. The molecule has 26 heavy (non-hydrogen) atoms. The summed E-state index contributed by atoms with van der Waals surface area (Å²) in [6, 6.07) is 11.2. The highest BCUT2D eigenvalue weighted by Crippen LogP contribution is 2.15. The third-order valence-corrected chi connectivity index (χ3v) is 4.03. The molecule has 0 aliphatic carbocycles. The van der Waals surface area contributed by atoms with Gasteiger partial charge in [0.1, 0.15) is 11.5 Å². The summed E-state index contributed by atoms with van der Waals surface area (Å²) in [5.74, 6) is 0.703. The highest BCUT2D eigenvalue weighted by molar-refractivity contribution is 5.93. The van der Waals surface area contributed by atoms with E-state index in [4.69, 9.17) is 0 Å². The molecule has 0 aromatic carbocycles. The number of amides is 1. The maximum absolute atomic E-state index is 12.2. The second-order valence-corrected chi connectivity index (χ2v) is 5.81. The number of fused-ring (bicyclic) bond motifs is 1. The van der Waals surface area contributed by atoms with Gasteiger partial charge in [-0.05, 0) is 36.8 Å².